The van der Waals surface area contributed by atoms with Crippen LogP contribution in [0, 0.1) is 5.41 Å². The summed E-state index contributed by atoms with van der Waals surface area (Å²) in [6.07, 6.45) is 4.52. The Hall–Kier alpha value is -0.120. The zero-order valence-corrected chi connectivity index (χ0v) is 10.3. The number of hydrogen-bond acceptors (Lipinski definition) is 3. The van der Waals surface area contributed by atoms with Crippen LogP contribution >= 0.6 is 0 Å². The van der Waals surface area contributed by atoms with Gasteiger partial charge in [0.25, 0.3) is 0 Å². The van der Waals surface area contributed by atoms with E-state index >= 15 is 0 Å². The van der Waals surface area contributed by atoms with Crippen molar-refractivity contribution in [1.82, 2.24) is 5.32 Å². The summed E-state index contributed by atoms with van der Waals surface area (Å²) in [5.74, 6) is 0. The summed E-state index contributed by atoms with van der Waals surface area (Å²) in [7, 11) is 1.71. The fourth-order valence-corrected chi connectivity index (χ4v) is 2.21. The second-order valence-electron chi connectivity index (χ2n) is 5.52. The van der Waals surface area contributed by atoms with Gasteiger partial charge in [0.15, 0.2) is 0 Å². The van der Waals surface area contributed by atoms with Crippen molar-refractivity contribution in [2.45, 2.75) is 45.1 Å². The van der Waals surface area contributed by atoms with Crippen LogP contribution < -0.4 is 5.32 Å². The van der Waals surface area contributed by atoms with Crippen LogP contribution in [0.25, 0.3) is 0 Å². The van der Waals surface area contributed by atoms with Gasteiger partial charge in [-0.2, -0.15) is 0 Å². The van der Waals surface area contributed by atoms with Crippen LogP contribution in [-0.4, -0.2) is 37.5 Å². The average Bonchev–Trinajstić information content (AvgIpc) is 2.22. The lowest BCUT2D eigenvalue weighted by Gasteiger charge is -2.43. The van der Waals surface area contributed by atoms with Crippen molar-refractivity contribution in [3.63, 3.8) is 0 Å². The zero-order valence-electron chi connectivity index (χ0n) is 10.3. The minimum atomic E-state index is -0.0476. The third kappa shape index (κ3) is 3.74. The van der Waals surface area contributed by atoms with Crippen LogP contribution in [0.3, 0.4) is 0 Å². The normalized spacial score (nSPS) is 24.0. The Balaban J connectivity index is 2.41. The molecule has 1 fully saturated rings. The van der Waals surface area contributed by atoms with E-state index in [1.807, 2.05) is 0 Å². The van der Waals surface area contributed by atoms with Crippen molar-refractivity contribution in [2.24, 2.45) is 5.41 Å². The number of aliphatic hydroxyl groups excluding tert-OH is 1. The van der Waals surface area contributed by atoms with E-state index < -0.39 is 0 Å². The molecule has 0 heterocycles. The highest BCUT2D eigenvalue weighted by Gasteiger charge is 2.37. The Kier molecular flexibility index (Phi) is 4.56. The molecule has 0 radical (unpaired) electrons. The molecule has 3 heteroatoms. The van der Waals surface area contributed by atoms with Crippen molar-refractivity contribution < 1.29 is 9.84 Å². The van der Waals surface area contributed by atoms with Gasteiger partial charge in [0.05, 0.1) is 13.2 Å². The monoisotopic (exact) mass is 215 g/mol. The van der Waals surface area contributed by atoms with Crippen LogP contribution in [0.4, 0.5) is 0 Å². The largest absolute Gasteiger partial charge is 0.394 e. The molecule has 90 valence electrons. The van der Waals surface area contributed by atoms with Gasteiger partial charge in [0, 0.05) is 19.2 Å². The van der Waals surface area contributed by atoms with Gasteiger partial charge in [-0.1, -0.05) is 13.8 Å². The number of ether oxygens (including phenoxy) is 1. The molecule has 1 saturated carbocycles. The molecule has 1 aliphatic carbocycles. The molecule has 0 unspecified atom stereocenters. The van der Waals surface area contributed by atoms with Gasteiger partial charge in [0.1, 0.15) is 0 Å². The van der Waals surface area contributed by atoms with Crippen LogP contribution in [0.5, 0.6) is 0 Å². The second-order valence-corrected chi connectivity index (χ2v) is 5.52. The number of rotatable bonds is 5. The highest BCUT2D eigenvalue weighted by molar-refractivity contribution is 4.94. The maximum atomic E-state index is 9.51. The first kappa shape index (κ1) is 12.9. The highest BCUT2D eigenvalue weighted by Crippen LogP contribution is 2.39. The van der Waals surface area contributed by atoms with E-state index in [-0.39, 0.29) is 12.1 Å². The first-order chi connectivity index (χ1) is 7.04. The van der Waals surface area contributed by atoms with Gasteiger partial charge < -0.3 is 15.2 Å². The molecule has 3 nitrogen and oxygen atoms in total. The SMILES string of the molecule is COCCNC1(CO)CCC(C)(C)CC1. The van der Waals surface area contributed by atoms with Crippen molar-refractivity contribution in [3.8, 4) is 0 Å². The molecule has 1 aliphatic rings. The van der Waals surface area contributed by atoms with E-state index in [4.69, 9.17) is 4.74 Å². The van der Waals surface area contributed by atoms with Crippen LogP contribution in [-0.2, 0) is 4.74 Å². The number of methoxy groups -OCH3 is 1. The molecule has 0 aromatic rings. The third-order valence-electron chi connectivity index (χ3n) is 3.67. The molecule has 1 rings (SSSR count). The van der Waals surface area contributed by atoms with E-state index in [1.165, 1.54) is 12.8 Å². The molecule has 0 amide bonds. The summed E-state index contributed by atoms with van der Waals surface area (Å²) >= 11 is 0. The molecule has 0 bridgehead atoms. The zero-order chi connectivity index (χ0) is 11.4. The first-order valence-electron chi connectivity index (χ1n) is 5.88. The molecule has 0 spiro atoms. The first-order valence-corrected chi connectivity index (χ1v) is 5.88. The van der Waals surface area contributed by atoms with Gasteiger partial charge in [-0.15, -0.1) is 0 Å². The fourth-order valence-electron chi connectivity index (χ4n) is 2.21. The average molecular weight is 215 g/mol. The Labute approximate surface area is 93.2 Å². The lowest BCUT2D eigenvalue weighted by molar-refractivity contribution is 0.0691. The predicted octanol–water partition coefficient (Wildman–Crippen LogP) is 1.55. The van der Waals surface area contributed by atoms with Crippen LogP contribution in [0.15, 0.2) is 0 Å². The summed E-state index contributed by atoms with van der Waals surface area (Å²) in [4.78, 5) is 0. The van der Waals surface area contributed by atoms with Crippen molar-refractivity contribution in [1.29, 1.82) is 0 Å². The molecule has 0 atom stereocenters. The maximum Gasteiger partial charge on any atom is 0.0613 e. The Morgan fingerprint density at radius 2 is 1.80 bits per heavy atom. The number of hydrogen-bond donors (Lipinski definition) is 2. The standard InChI is InChI=1S/C12H25NO2/c1-11(2)4-6-12(10-14,7-5-11)13-8-9-15-3/h13-14H,4-10H2,1-3H3. The molecule has 2 N–H and O–H groups in total. The maximum absolute atomic E-state index is 9.51. The summed E-state index contributed by atoms with van der Waals surface area (Å²) < 4.78 is 5.02. The lowest BCUT2D eigenvalue weighted by Crippen LogP contribution is -2.52. The van der Waals surface area contributed by atoms with E-state index in [9.17, 15) is 5.11 Å². The van der Waals surface area contributed by atoms with Gasteiger partial charge in [-0.3, -0.25) is 0 Å². The van der Waals surface area contributed by atoms with Crippen molar-refractivity contribution >= 4 is 0 Å². The Morgan fingerprint density at radius 3 is 2.27 bits per heavy atom. The van der Waals surface area contributed by atoms with E-state index in [0.717, 1.165) is 19.4 Å². The van der Waals surface area contributed by atoms with Gasteiger partial charge in [0.2, 0.25) is 0 Å². The van der Waals surface area contributed by atoms with Crippen LogP contribution in [0.2, 0.25) is 0 Å². The fraction of sp³-hybridized carbons (Fsp3) is 1.00. The quantitative estimate of drug-likeness (QED) is 0.684. The summed E-state index contributed by atoms with van der Waals surface area (Å²) in [6.45, 7) is 6.41. The van der Waals surface area contributed by atoms with E-state index in [0.29, 0.717) is 12.0 Å². The van der Waals surface area contributed by atoms with Gasteiger partial charge >= 0.3 is 0 Å². The summed E-state index contributed by atoms with van der Waals surface area (Å²) in [5, 5.41) is 13.0. The summed E-state index contributed by atoms with van der Waals surface area (Å²) in [5.41, 5.74) is 0.398. The minimum Gasteiger partial charge on any atom is -0.394 e. The number of aliphatic hydroxyl groups is 1. The van der Waals surface area contributed by atoms with Gasteiger partial charge in [-0.25, -0.2) is 0 Å². The molecule has 15 heavy (non-hydrogen) atoms. The van der Waals surface area contributed by atoms with E-state index in [1.54, 1.807) is 7.11 Å². The summed E-state index contributed by atoms with van der Waals surface area (Å²) in [6, 6.07) is 0. The third-order valence-corrected chi connectivity index (χ3v) is 3.67. The molecule has 0 aromatic heterocycles. The molecular formula is C12H25NO2. The predicted molar refractivity (Wildman–Crippen MR) is 61.9 cm³/mol. The molecule has 0 aliphatic heterocycles. The van der Waals surface area contributed by atoms with Crippen LogP contribution in [0.1, 0.15) is 39.5 Å². The number of nitrogens with one attached hydrogen (secondary N) is 1. The van der Waals surface area contributed by atoms with E-state index in [2.05, 4.69) is 19.2 Å². The smallest absolute Gasteiger partial charge is 0.0613 e. The van der Waals surface area contributed by atoms with Crippen molar-refractivity contribution in [2.75, 3.05) is 26.9 Å². The topological polar surface area (TPSA) is 41.5 Å². The van der Waals surface area contributed by atoms with Crippen molar-refractivity contribution in [3.05, 3.63) is 0 Å². The second kappa shape index (κ2) is 5.28. The van der Waals surface area contributed by atoms with Gasteiger partial charge in [-0.05, 0) is 31.1 Å². The molecule has 0 aromatic carbocycles. The molecular weight excluding hydrogens is 190 g/mol. The highest BCUT2D eigenvalue weighted by atomic mass is 16.5. The Morgan fingerprint density at radius 1 is 1.20 bits per heavy atom. The Bertz CT molecular complexity index is 182. The molecule has 0 saturated heterocycles. The minimum absolute atomic E-state index is 0.0476. The lowest BCUT2D eigenvalue weighted by atomic mass is 9.69.